The molecule has 20 heavy (non-hydrogen) atoms. The minimum absolute atomic E-state index is 0.0876. The molecule has 4 rings (SSSR count). The van der Waals surface area contributed by atoms with Gasteiger partial charge in [-0.05, 0) is 35.4 Å². The Labute approximate surface area is 114 Å². The zero-order valence-corrected chi connectivity index (χ0v) is 10.4. The number of amides is 1. The van der Waals surface area contributed by atoms with Crippen LogP contribution in [-0.2, 0) is 4.79 Å². The fourth-order valence-electron chi connectivity index (χ4n) is 2.78. The molecule has 0 saturated heterocycles. The molecule has 1 unspecified atom stereocenters. The number of nitrogens with zero attached hydrogens (tertiary/aromatic N) is 1. The zero-order chi connectivity index (χ0) is 13.7. The Bertz CT molecular complexity index is 838. The van der Waals surface area contributed by atoms with Crippen molar-refractivity contribution in [3.05, 3.63) is 54.0 Å². The Morgan fingerprint density at radius 1 is 1.20 bits per heavy atom. The Morgan fingerprint density at radius 3 is 3.00 bits per heavy atom. The minimum atomic E-state index is -0.421. The predicted octanol–water partition coefficient (Wildman–Crippen LogP) is 2.35. The number of H-pyrrole nitrogens is 1. The highest BCUT2D eigenvalue weighted by Crippen LogP contribution is 2.40. The van der Waals surface area contributed by atoms with Crippen molar-refractivity contribution in [3.8, 4) is 5.75 Å². The summed E-state index contributed by atoms with van der Waals surface area (Å²) in [4.78, 5) is 19.5. The molecule has 3 heterocycles. The SMILES string of the molecule is O=C1Nc2ccc(O)cc2C1c1c[nH]c2ccncc12. The van der Waals surface area contributed by atoms with Crippen LogP contribution >= 0.6 is 0 Å². The quantitative estimate of drug-likeness (QED) is 0.591. The number of fused-ring (bicyclic) bond motifs is 2. The van der Waals surface area contributed by atoms with E-state index in [0.29, 0.717) is 0 Å². The van der Waals surface area contributed by atoms with E-state index in [1.54, 1.807) is 30.6 Å². The van der Waals surface area contributed by atoms with Gasteiger partial charge >= 0.3 is 0 Å². The number of benzene rings is 1. The number of phenolic OH excluding ortho intramolecular Hbond substituents is 1. The smallest absolute Gasteiger partial charge is 0.236 e. The van der Waals surface area contributed by atoms with Gasteiger partial charge in [-0.1, -0.05) is 0 Å². The van der Waals surface area contributed by atoms with Crippen LogP contribution in [0.4, 0.5) is 5.69 Å². The van der Waals surface area contributed by atoms with Gasteiger partial charge in [0.25, 0.3) is 0 Å². The number of aromatic amines is 1. The van der Waals surface area contributed by atoms with Crippen molar-refractivity contribution in [2.45, 2.75) is 5.92 Å². The summed E-state index contributed by atoms with van der Waals surface area (Å²) in [5.74, 6) is -0.353. The Kier molecular flexibility index (Phi) is 2.12. The van der Waals surface area contributed by atoms with Gasteiger partial charge < -0.3 is 15.4 Å². The van der Waals surface area contributed by atoms with Gasteiger partial charge in [0.15, 0.2) is 0 Å². The Morgan fingerprint density at radius 2 is 2.10 bits per heavy atom. The Balaban J connectivity index is 1.95. The summed E-state index contributed by atoms with van der Waals surface area (Å²) in [6.07, 6.45) is 5.28. The highest BCUT2D eigenvalue weighted by atomic mass is 16.3. The van der Waals surface area contributed by atoms with Crippen LogP contribution in [0.1, 0.15) is 17.0 Å². The van der Waals surface area contributed by atoms with Gasteiger partial charge in [0.05, 0.1) is 5.92 Å². The highest BCUT2D eigenvalue weighted by molar-refractivity contribution is 6.07. The average Bonchev–Trinajstić information content (AvgIpc) is 2.99. The van der Waals surface area contributed by atoms with Crippen LogP contribution in [0.5, 0.6) is 5.75 Å². The van der Waals surface area contributed by atoms with Crippen molar-refractivity contribution in [1.29, 1.82) is 0 Å². The normalized spacial score (nSPS) is 17.2. The molecular formula is C15H11N3O2. The van der Waals surface area contributed by atoms with E-state index in [1.165, 1.54) is 0 Å². The lowest BCUT2D eigenvalue weighted by Crippen LogP contribution is -2.12. The first kappa shape index (κ1) is 11.0. The molecule has 1 aliphatic rings. The minimum Gasteiger partial charge on any atom is -0.508 e. The van der Waals surface area contributed by atoms with Gasteiger partial charge in [0, 0.05) is 35.2 Å². The van der Waals surface area contributed by atoms with E-state index in [4.69, 9.17) is 0 Å². The van der Waals surface area contributed by atoms with Crippen molar-refractivity contribution in [2.24, 2.45) is 0 Å². The molecule has 5 nitrogen and oxygen atoms in total. The number of pyridine rings is 1. The second-order valence-electron chi connectivity index (χ2n) is 4.86. The number of nitrogens with one attached hydrogen (secondary N) is 2. The molecule has 1 aromatic carbocycles. The van der Waals surface area contributed by atoms with E-state index >= 15 is 0 Å². The molecule has 0 fully saturated rings. The molecule has 1 aliphatic heterocycles. The standard InChI is InChI=1S/C15H11N3O2/c19-8-1-2-13-9(5-8)14(15(20)18-13)11-7-17-12-3-4-16-6-10(11)12/h1-7,14,17,19H,(H,18,20). The lowest BCUT2D eigenvalue weighted by atomic mass is 9.92. The van der Waals surface area contributed by atoms with Crippen molar-refractivity contribution >= 4 is 22.5 Å². The van der Waals surface area contributed by atoms with Crippen LogP contribution < -0.4 is 5.32 Å². The van der Waals surface area contributed by atoms with Crippen LogP contribution in [-0.4, -0.2) is 21.0 Å². The second-order valence-corrected chi connectivity index (χ2v) is 4.86. The summed E-state index contributed by atoms with van der Waals surface area (Å²) in [5, 5.41) is 13.4. The number of carbonyl (C=O) groups is 1. The van der Waals surface area contributed by atoms with Crippen LogP contribution in [0.2, 0.25) is 0 Å². The first-order valence-corrected chi connectivity index (χ1v) is 6.29. The van der Waals surface area contributed by atoms with Crippen molar-refractivity contribution in [3.63, 3.8) is 0 Å². The van der Waals surface area contributed by atoms with Gasteiger partial charge in [-0.2, -0.15) is 0 Å². The number of phenols is 1. The molecule has 2 aromatic heterocycles. The van der Waals surface area contributed by atoms with E-state index in [-0.39, 0.29) is 11.7 Å². The lowest BCUT2D eigenvalue weighted by molar-refractivity contribution is -0.116. The summed E-state index contributed by atoms with van der Waals surface area (Å²) in [5.41, 5.74) is 3.35. The summed E-state index contributed by atoms with van der Waals surface area (Å²) in [6, 6.07) is 6.79. The maximum absolute atomic E-state index is 12.3. The molecule has 0 radical (unpaired) electrons. The molecule has 98 valence electrons. The molecule has 0 spiro atoms. The van der Waals surface area contributed by atoms with E-state index in [0.717, 1.165) is 27.7 Å². The summed E-state index contributed by atoms with van der Waals surface area (Å²) >= 11 is 0. The third-order valence-corrected chi connectivity index (χ3v) is 3.69. The largest absolute Gasteiger partial charge is 0.508 e. The lowest BCUT2D eigenvalue weighted by Gasteiger charge is -2.07. The van der Waals surface area contributed by atoms with Crippen molar-refractivity contribution in [2.75, 3.05) is 5.32 Å². The maximum Gasteiger partial charge on any atom is 0.236 e. The summed E-state index contributed by atoms with van der Waals surface area (Å²) in [6.45, 7) is 0. The summed E-state index contributed by atoms with van der Waals surface area (Å²) in [7, 11) is 0. The molecule has 3 aromatic rings. The molecule has 1 atom stereocenters. The van der Waals surface area contributed by atoms with Gasteiger partial charge in [-0.3, -0.25) is 9.78 Å². The Hall–Kier alpha value is -2.82. The molecule has 5 heteroatoms. The van der Waals surface area contributed by atoms with Crippen LogP contribution in [0.3, 0.4) is 0 Å². The molecule has 1 amide bonds. The van der Waals surface area contributed by atoms with Gasteiger partial charge in [0.1, 0.15) is 5.75 Å². The molecule has 0 aliphatic carbocycles. The molecular weight excluding hydrogens is 254 g/mol. The van der Waals surface area contributed by atoms with E-state index < -0.39 is 5.92 Å². The topological polar surface area (TPSA) is 78.0 Å². The van der Waals surface area contributed by atoms with Crippen molar-refractivity contribution in [1.82, 2.24) is 9.97 Å². The van der Waals surface area contributed by atoms with Gasteiger partial charge in [0.2, 0.25) is 5.91 Å². The van der Waals surface area contributed by atoms with Crippen molar-refractivity contribution < 1.29 is 9.90 Å². The van der Waals surface area contributed by atoms with E-state index in [2.05, 4.69) is 15.3 Å². The number of hydrogen-bond acceptors (Lipinski definition) is 3. The number of hydrogen-bond donors (Lipinski definition) is 3. The third kappa shape index (κ3) is 1.43. The fourth-order valence-corrected chi connectivity index (χ4v) is 2.78. The van der Waals surface area contributed by atoms with Gasteiger partial charge in [-0.25, -0.2) is 0 Å². The fraction of sp³-hybridized carbons (Fsp3) is 0.0667. The zero-order valence-electron chi connectivity index (χ0n) is 10.4. The molecule has 0 saturated carbocycles. The number of rotatable bonds is 1. The monoisotopic (exact) mass is 265 g/mol. The first-order valence-electron chi connectivity index (χ1n) is 6.29. The predicted molar refractivity (Wildman–Crippen MR) is 74.7 cm³/mol. The first-order chi connectivity index (χ1) is 9.74. The van der Waals surface area contributed by atoms with E-state index in [1.807, 2.05) is 12.3 Å². The molecule has 3 N–H and O–H groups in total. The van der Waals surface area contributed by atoms with Crippen LogP contribution in [0.15, 0.2) is 42.9 Å². The van der Waals surface area contributed by atoms with E-state index in [9.17, 15) is 9.90 Å². The number of aromatic hydroxyl groups is 1. The number of anilines is 1. The molecule has 0 bridgehead atoms. The third-order valence-electron chi connectivity index (χ3n) is 3.69. The van der Waals surface area contributed by atoms with Crippen LogP contribution in [0.25, 0.3) is 10.9 Å². The maximum atomic E-state index is 12.3. The van der Waals surface area contributed by atoms with Crippen LogP contribution in [0, 0.1) is 0 Å². The number of aromatic nitrogens is 2. The number of carbonyl (C=O) groups excluding carboxylic acids is 1. The average molecular weight is 265 g/mol. The highest BCUT2D eigenvalue weighted by Gasteiger charge is 2.33. The summed E-state index contributed by atoms with van der Waals surface area (Å²) < 4.78 is 0. The second kappa shape index (κ2) is 3.84. The van der Waals surface area contributed by atoms with Gasteiger partial charge in [-0.15, -0.1) is 0 Å².